The van der Waals surface area contributed by atoms with Gasteiger partial charge < -0.3 is 9.52 Å². The third-order valence-corrected chi connectivity index (χ3v) is 2.71. The van der Waals surface area contributed by atoms with Crippen LogP contribution in [0.5, 0.6) is 0 Å². The SMILES string of the molecule is Cc1ccoc1-c1nnc2ccc(C(=O)O)cn12. The Morgan fingerprint density at radius 3 is 2.83 bits per heavy atom. The van der Waals surface area contributed by atoms with Crippen LogP contribution in [0.2, 0.25) is 0 Å². The molecular formula is C12H9N3O3. The molecule has 0 atom stereocenters. The van der Waals surface area contributed by atoms with E-state index in [-0.39, 0.29) is 5.56 Å². The van der Waals surface area contributed by atoms with Crippen molar-refractivity contribution in [3.63, 3.8) is 0 Å². The number of carboxylic acid groups (broad SMARTS) is 1. The van der Waals surface area contributed by atoms with Gasteiger partial charge in [0.15, 0.2) is 11.4 Å². The van der Waals surface area contributed by atoms with E-state index in [9.17, 15) is 4.79 Å². The van der Waals surface area contributed by atoms with Gasteiger partial charge in [-0.1, -0.05) is 0 Å². The lowest BCUT2D eigenvalue weighted by Crippen LogP contribution is -1.99. The third kappa shape index (κ3) is 1.46. The van der Waals surface area contributed by atoms with Gasteiger partial charge in [-0.2, -0.15) is 0 Å². The Morgan fingerprint density at radius 2 is 2.17 bits per heavy atom. The highest BCUT2D eigenvalue weighted by Crippen LogP contribution is 2.23. The Labute approximate surface area is 101 Å². The Balaban J connectivity index is 2.27. The molecule has 0 aliphatic heterocycles. The van der Waals surface area contributed by atoms with Gasteiger partial charge in [-0.05, 0) is 30.7 Å². The second kappa shape index (κ2) is 3.69. The molecule has 0 bridgehead atoms. The van der Waals surface area contributed by atoms with Crippen molar-refractivity contribution >= 4 is 11.6 Å². The molecule has 3 aromatic rings. The average molecular weight is 243 g/mol. The van der Waals surface area contributed by atoms with Crippen LogP contribution in [0.15, 0.2) is 35.1 Å². The molecule has 0 radical (unpaired) electrons. The largest absolute Gasteiger partial charge is 0.478 e. The fraction of sp³-hybridized carbons (Fsp3) is 0.0833. The molecule has 3 rings (SSSR count). The highest BCUT2D eigenvalue weighted by atomic mass is 16.4. The first kappa shape index (κ1) is 10.5. The van der Waals surface area contributed by atoms with Crippen LogP contribution in [0.4, 0.5) is 0 Å². The zero-order chi connectivity index (χ0) is 12.7. The molecule has 0 aliphatic carbocycles. The molecule has 0 unspecified atom stereocenters. The summed E-state index contributed by atoms with van der Waals surface area (Å²) in [6.45, 7) is 1.89. The summed E-state index contributed by atoms with van der Waals surface area (Å²) in [7, 11) is 0. The molecule has 3 heterocycles. The lowest BCUT2D eigenvalue weighted by atomic mass is 10.2. The number of hydrogen-bond donors (Lipinski definition) is 1. The van der Waals surface area contributed by atoms with Gasteiger partial charge >= 0.3 is 5.97 Å². The molecule has 0 amide bonds. The molecule has 0 aromatic carbocycles. The molecule has 0 spiro atoms. The van der Waals surface area contributed by atoms with Gasteiger partial charge in [-0.15, -0.1) is 10.2 Å². The van der Waals surface area contributed by atoms with Crippen molar-refractivity contribution in [2.45, 2.75) is 6.92 Å². The van der Waals surface area contributed by atoms with E-state index in [4.69, 9.17) is 9.52 Å². The molecule has 0 saturated carbocycles. The highest BCUT2D eigenvalue weighted by molar-refractivity contribution is 5.87. The molecule has 90 valence electrons. The monoisotopic (exact) mass is 243 g/mol. The van der Waals surface area contributed by atoms with Gasteiger partial charge in [0.2, 0.25) is 5.82 Å². The molecule has 3 aromatic heterocycles. The summed E-state index contributed by atoms with van der Waals surface area (Å²) in [5.41, 5.74) is 1.67. The summed E-state index contributed by atoms with van der Waals surface area (Å²) < 4.78 is 6.95. The summed E-state index contributed by atoms with van der Waals surface area (Å²) in [5, 5.41) is 17.0. The predicted octanol–water partition coefficient (Wildman–Crippen LogP) is 2.00. The lowest BCUT2D eigenvalue weighted by molar-refractivity contribution is 0.0696. The Kier molecular flexibility index (Phi) is 2.16. The average Bonchev–Trinajstić information content (AvgIpc) is 2.93. The topological polar surface area (TPSA) is 80.6 Å². The molecule has 18 heavy (non-hydrogen) atoms. The fourth-order valence-corrected chi connectivity index (χ4v) is 1.77. The normalized spacial score (nSPS) is 10.9. The van der Waals surface area contributed by atoms with Gasteiger partial charge in [0, 0.05) is 6.20 Å². The number of fused-ring (bicyclic) bond motifs is 1. The molecule has 0 aliphatic rings. The number of hydrogen-bond acceptors (Lipinski definition) is 4. The lowest BCUT2D eigenvalue weighted by Gasteiger charge is -1.99. The van der Waals surface area contributed by atoms with Crippen LogP contribution in [0.3, 0.4) is 0 Å². The molecular weight excluding hydrogens is 234 g/mol. The summed E-state index contributed by atoms with van der Waals surface area (Å²) in [6.07, 6.45) is 3.04. The quantitative estimate of drug-likeness (QED) is 0.744. The number of aromatic carboxylic acids is 1. The van der Waals surface area contributed by atoms with Crippen LogP contribution in [-0.4, -0.2) is 25.7 Å². The van der Waals surface area contributed by atoms with Crippen molar-refractivity contribution < 1.29 is 14.3 Å². The van der Waals surface area contributed by atoms with Crippen LogP contribution >= 0.6 is 0 Å². The van der Waals surface area contributed by atoms with E-state index in [0.29, 0.717) is 17.2 Å². The Morgan fingerprint density at radius 1 is 1.33 bits per heavy atom. The minimum atomic E-state index is -0.993. The summed E-state index contributed by atoms with van der Waals surface area (Å²) >= 11 is 0. The number of carboxylic acids is 1. The molecule has 6 nitrogen and oxygen atoms in total. The summed E-state index contributed by atoms with van der Waals surface area (Å²) in [4.78, 5) is 11.0. The number of nitrogens with zero attached hydrogens (tertiary/aromatic N) is 3. The van der Waals surface area contributed by atoms with E-state index in [2.05, 4.69) is 10.2 Å². The molecule has 1 N–H and O–H groups in total. The van der Waals surface area contributed by atoms with Crippen molar-refractivity contribution in [1.82, 2.24) is 14.6 Å². The van der Waals surface area contributed by atoms with Crippen molar-refractivity contribution in [3.8, 4) is 11.6 Å². The van der Waals surface area contributed by atoms with Gasteiger partial charge in [0.1, 0.15) is 0 Å². The van der Waals surface area contributed by atoms with Crippen LogP contribution < -0.4 is 0 Å². The number of aromatic nitrogens is 3. The Bertz CT molecular complexity index is 742. The first-order chi connectivity index (χ1) is 8.66. The molecule has 0 fully saturated rings. The van der Waals surface area contributed by atoms with E-state index in [0.717, 1.165) is 5.56 Å². The smallest absolute Gasteiger partial charge is 0.337 e. The fourth-order valence-electron chi connectivity index (χ4n) is 1.77. The van der Waals surface area contributed by atoms with Crippen LogP contribution in [0.25, 0.3) is 17.2 Å². The van der Waals surface area contributed by atoms with Crippen molar-refractivity contribution in [2.24, 2.45) is 0 Å². The maximum atomic E-state index is 11.0. The van der Waals surface area contributed by atoms with Gasteiger partial charge in [-0.3, -0.25) is 4.40 Å². The number of furan rings is 1. The minimum Gasteiger partial charge on any atom is -0.478 e. The number of pyridine rings is 1. The predicted molar refractivity (Wildman–Crippen MR) is 62.4 cm³/mol. The highest BCUT2D eigenvalue weighted by Gasteiger charge is 2.14. The second-order valence-corrected chi connectivity index (χ2v) is 3.91. The van der Waals surface area contributed by atoms with Gasteiger partial charge in [0.05, 0.1) is 11.8 Å². The van der Waals surface area contributed by atoms with E-state index in [1.165, 1.54) is 12.3 Å². The first-order valence-corrected chi connectivity index (χ1v) is 5.29. The number of aryl methyl sites for hydroxylation is 1. The van der Waals surface area contributed by atoms with Crippen LogP contribution in [0, 0.1) is 6.92 Å². The second-order valence-electron chi connectivity index (χ2n) is 3.91. The van der Waals surface area contributed by atoms with Crippen molar-refractivity contribution in [1.29, 1.82) is 0 Å². The van der Waals surface area contributed by atoms with E-state index >= 15 is 0 Å². The summed E-state index contributed by atoms with van der Waals surface area (Å²) in [6, 6.07) is 4.92. The van der Waals surface area contributed by atoms with Crippen LogP contribution in [-0.2, 0) is 0 Å². The first-order valence-electron chi connectivity index (χ1n) is 5.29. The van der Waals surface area contributed by atoms with Crippen molar-refractivity contribution in [2.75, 3.05) is 0 Å². The maximum Gasteiger partial charge on any atom is 0.337 e. The Hall–Kier alpha value is -2.63. The van der Waals surface area contributed by atoms with Crippen LogP contribution in [0.1, 0.15) is 15.9 Å². The van der Waals surface area contributed by atoms with Gasteiger partial charge in [-0.25, -0.2) is 4.79 Å². The zero-order valence-electron chi connectivity index (χ0n) is 9.49. The van der Waals surface area contributed by atoms with Gasteiger partial charge in [0.25, 0.3) is 0 Å². The number of carbonyl (C=O) groups is 1. The molecule has 0 saturated heterocycles. The maximum absolute atomic E-state index is 11.0. The zero-order valence-corrected chi connectivity index (χ0v) is 9.49. The minimum absolute atomic E-state index is 0.174. The summed E-state index contributed by atoms with van der Waals surface area (Å²) in [5.74, 6) is 0.0911. The number of rotatable bonds is 2. The standard InChI is InChI=1S/C12H9N3O3/c1-7-4-5-18-10(7)11-14-13-9-3-2-8(12(16)17)6-15(9)11/h2-6H,1H3,(H,16,17). The molecule has 6 heteroatoms. The van der Waals surface area contributed by atoms with E-state index in [1.807, 2.05) is 13.0 Å². The van der Waals surface area contributed by atoms with E-state index in [1.54, 1.807) is 16.7 Å². The third-order valence-electron chi connectivity index (χ3n) is 2.71. The van der Waals surface area contributed by atoms with Crippen molar-refractivity contribution in [3.05, 3.63) is 41.8 Å². The van der Waals surface area contributed by atoms with E-state index < -0.39 is 5.97 Å².